The van der Waals surface area contributed by atoms with Gasteiger partial charge >= 0.3 is 24.4 Å². The fourth-order valence-corrected chi connectivity index (χ4v) is 3.66. The molecule has 0 aliphatic rings. The molecular weight excluding hydrogens is 316 g/mol. The standard InChI is InChI=1S/C7H18N2O4Si.C3H10O3Si/c1-11-14(12-2,13-3)6-4-5-9-7(8)10;1-4-7(5-2)6-3/h4-6H2,1-3H3,(H3,8,9,10);7H,1-3H3. The Balaban J connectivity index is 0. The minimum absolute atomic E-state index is 0.500. The molecule has 0 rings (SSSR count). The highest BCUT2D eigenvalue weighted by Gasteiger charge is 2.36. The Morgan fingerprint density at radius 3 is 1.67 bits per heavy atom. The summed E-state index contributed by atoms with van der Waals surface area (Å²) in [6.07, 6.45) is 0.713. The first-order valence-electron chi connectivity index (χ1n) is 6.22. The van der Waals surface area contributed by atoms with Gasteiger partial charge in [-0.25, -0.2) is 4.79 Å². The molecular formula is C10H28N2O7Si2. The third-order valence-corrected chi connectivity index (χ3v) is 6.46. The maximum atomic E-state index is 10.4. The van der Waals surface area contributed by atoms with Crippen LogP contribution in [0.1, 0.15) is 6.42 Å². The van der Waals surface area contributed by atoms with Gasteiger partial charge in [-0.1, -0.05) is 0 Å². The monoisotopic (exact) mass is 344 g/mol. The van der Waals surface area contributed by atoms with E-state index in [1.165, 1.54) is 0 Å². The molecule has 0 aliphatic carbocycles. The van der Waals surface area contributed by atoms with Gasteiger partial charge in [-0.05, 0) is 6.42 Å². The van der Waals surface area contributed by atoms with Crippen molar-refractivity contribution in [2.24, 2.45) is 5.73 Å². The Morgan fingerprint density at radius 2 is 1.43 bits per heavy atom. The zero-order chi connectivity index (χ0) is 16.7. The van der Waals surface area contributed by atoms with Crippen molar-refractivity contribution in [3.63, 3.8) is 0 Å². The minimum Gasteiger partial charge on any atom is -0.379 e. The molecule has 0 saturated heterocycles. The summed E-state index contributed by atoms with van der Waals surface area (Å²) in [5, 5.41) is 2.48. The number of amides is 2. The molecule has 128 valence electrons. The molecule has 3 N–H and O–H groups in total. The number of urea groups is 1. The topological polar surface area (TPSA) is 110 Å². The van der Waals surface area contributed by atoms with E-state index in [1.54, 1.807) is 42.7 Å². The highest BCUT2D eigenvalue weighted by Crippen LogP contribution is 2.14. The summed E-state index contributed by atoms with van der Waals surface area (Å²) in [4.78, 5) is 10.4. The third kappa shape index (κ3) is 11.8. The highest BCUT2D eigenvalue weighted by atomic mass is 28.4. The smallest absolute Gasteiger partial charge is 0.379 e. The van der Waals surface area contributed by atoms with Crippen LogP contribution in [0.15, 0.2) is 0 Å². The van der Waals surface area contributed by atoms with E-state index >= 15 is 0 Å². The van der Waals surface area contributed by atoms with Gasteiger partial charge < -0.3 is 37.6 Å². The second-order valence-corrected chi connectivity index (χ2v) is 8.77. The molecule has 0 fully saturated rings. The van der Waals surface area contributed by atoms with Gasteiger partial charge in [0.2, 0.25) is 0 Å². The lowest BCUT2D eigenvalue weighted by atomic mass is 10.5. The molecule has 0 heterocycles. The number of nitrogens with one attached hydrogen (secondary N) is 1. The van der Waals surface area contributed by atoms with Gasteiger partial charge in [-0.3, -0.25) is 0 Å². The van der Waals surface area contributed by atoms with Crippen molar-refractivity contribution in [3.8, 4) is 0 Å². The maximum absolute atomic E-state index is 10.4. The summed E-state index contributed by atoms with van der Waals surface area (Å²) >= 11 is 0. The van der Waals surface area contributed by atoms with Crippen LogP contribution in [-0.2, 0) is 26.6 Å². The quantitative estimate of drug-likeness (QED) is 0.408. The number of primary amides is 1. The van der Waals surface area contributed by atoms with Crippen molar-refractivity contribution in [1.29, 1.82) is 0 Å². The summed E-state index contributed by atoms with van der Waals surface area (Å²) in [5.74, 6) is 0. The van der Waals surface area contributed by atoms with E-state index < -0.39 is 24.4 Å². The first kappa shape index (κ1) is 22.7. The molecule has 0 aliphatic heterocycles. The van der Waals surface area contributed by atoms with E-state index in [1.807, 2.05) is 0 Å². The van der Waals surface area contributed by atoms with Crippen LogP contribution in [0, 0.1) is 0 Å². The Bertz CT molecular complexity index is 240. The lowest BCUT2D eigenvalue weighted by Gasteiger charge is -2.24. The summed E-state index contributed by atoms with van der Waals surface area (Å²) in [7, 11) is 5.24. The van der Waals surface area contributed by atoms with Crippen LogP contribution in [0.4, 0.5) is 4.79 Å². The van der Waals surface area contributed by atoms with Crippen molar-refractivity contribution >= 4 is 24.4 Å². The average molecular weight is 345 g/mol. The molecule has 0 spiro atoms. The highest BCUT2D eigenvalue weighted by molar-refractivity contribution is 6.60. The fraction of sp³-hybridized carbons (Fsp3) is 0.900. The predicted molar refractivity (Wildman–Crippen MR) is 82.0 cm³/mol. The van der Waals surface area contributed by atoms with Crippen molar-refractivity contribution in [3.05, 3.63) is 0 Å². The zero-order valence-corrected chi connectivity index (χ0v) is 15.8. The number of carbonyl (C=O) groups excluding carboxylic acids is 1. The lowest BCUT2D eigenvalue weighted by Crippen LogP contribution is -2.43. The number of carbonyl (C=O) groups is 1. The molecule has 0 saturated carbocycles. The predicted octanol–water partition coefficient (Wildman–Crippen LogP) is -0.434. The van der Waals surface area contributed by atoms with Gasteiger partial charge in [0.1, 0.15) is 0 Å². The van der Waals surface area contributed by atoms with Crippen LogP contribution in [0.3, 0.4) is 0 Å². The zero-order valence-electron chi connectivity index (χ0n) is 13.6. The Morgan fingerprint density at radius 1 is 1.00 bits per heavy atom. The average Bonchev–Trinajstić information content (AvgIpc) is 2.50. The van der Waals surface area contributed by atoms with E-state index in [-0.39, 0.29) is 0 Å². The Kier molecular flexibility index (Phi) is 15.6. The van der Waals surface area contributed by atoms with Crippen LogP contribution >= 0.6 is 0 Å². The lowest BCUT2D eigenvalue weighted by molar-refractivity contribution is 0.123. The molecule has 0 atom stereocenters. The number of rotatable bonds is 10. The van der Waals surface area contributed by atoms with Crippen LogP contribution < -0.4 is 11.1 Å². The summed E-state index contributed by atoms with van der Waals surface area (Å²) in [6, 6.07) is 0.126. The number of hydrogen-bond donors (Lipinski definition) is 2. The molecule has 0 aromatic carbocycles. The maximum Gasteiger partial charge on any atom is 0.500 e. The first-order valence-corrected chi connectivity index (χ1v) is 9.56. The number of hydrogen-bond acceptors (Lipinski definition) is 7. The van der Waals surface area contributed by atoms with Gasteiger partial charge in [-0.15, -0.1) is 0 Å². The van der Waals surface area contributed by atoms with Gasteiger partial charge in [0, 0.05) is 55.2 Å². The molecule has 0 aromatic heterocycles. The summed E-state index contributed by atoms with van der Waals surface area (Å²) < 4.78 is 29.8. The van der Waals surface area contributed by atoms with Gasteiger partial charge in [0.25, 0.3) is 0 Å². The van der Waals surface area contributed by atoms with E-state index in [2.05, 4.69) is 5.32 Å². The van der Waals surface area contributed by atoms with Gasteiger partial charge in [-0.2, -0.15) is 0 Å². The molecule has 2 amide bonds. The van der Waals surface area contributed by atoms with Gasteiger partial charge in [0.05, 0.1) is 0 Å². The fourth-order valence-electron chi connectivity index (χ4n) is 1.36. The van der Waals surface area contributed by atoms with Crippen molar-refractivity contribution < 1.29 is 31.4 Å². The second kappa shape index (κ2) is 14.4. The largest absolute Gasteiger partial charge is 0.500 e. The Labute approximate surface area is 129 Å². The SMILES string of the molecule is CO[SiH](OC)OC.CO[Si](CCCNC(N)=O)(OC)OC. The second-order valence-electron chi connectivity index (χ2n) is 3.69. The van der Waals surface area contributed by atoms with Gasteiger partial charge in [0.15, 0.2) is 0 Å². The van der Waals surface area contributed by atoms with Crippen molar-refractivity contribution in [2.45, 2.75) is 12.5 Å². The molecule has 21 heavy (non-hydrogen) atoms. The molecule has 0 unspecified atom stereocenters. The Hall–Kier alpha value is -0.536. The van der Waals surface area contributed by atoms with Crippen LogP contribution in [0.5, 0.6) is 0 Å². The number of nitrogens with two attached hydrogens (primary N) is 1. The van der Waals surface area contributed by atoms with E-state index in [4.69, 9.17) is 32.3 Å². The molecule has 0 radical (unpaired) electrons. The first-order chi connectivity index (χ1) is 9.94. The molecule has 9 nitrogen and oxygen atoms in total. The van der Waals surface area contributed by atoms with Crippen molar-refractivity contribution in [2.75, 3.05) is 49.2 Å². The van der Waals surface area contributed by atoms with E-state index in [0.29, 0.717) is 19.0 Å². The molecule has 0 aromatic rings. The van der Waals surface area contributed by atoms with E-state index in [0.717, 1.165) is 0 Å². The molecule has 11 heteroatoms. The summed E-state index contributed by atoms with van der Waals surface area (Å²) in [5.41, 5.74) is 4.91. The normalized spacial score (nSPS) is 11.0. The van der Waals surface area contributed by atoms with Crippen LogP contribution in [0.2, 0.25) is 6.04 Å². The van der Waals surface area contributed by atoms with Crippen LogP contribution in [0.25, 0.3) is 0 Å². The minimum atomic E-state index is -2.48. The van der Waals surface area contributed by atoms with E-state index in [9.17, 15) is 4.79 Å². The van der Waals surface area contributed by atoms with Crippen LogP contribution in [-0.4, -0.2) is 73.6 Å². The molecule has 0 bridgehead atoms. The summed E-state index contributed by atoms with van der Waals surface area (Å²) in [6.45, 7) is 0.500. The third-order valence-electron chi connectivity index (χ3n) is 2.47. The van der Waals surface area contributed by atoms with Crippen molar-refractivity contribution in [1.82, 2.24) is 5.32 Å².